The van der Waals surface area contributed by atoms with Crippen LogP contribution in [0, 0.1) is 11.7 Å². The molecular weight excluding hydrogens is 297 g/mol. The highest BCUT2D eigenvalue weighted by molar-refractivity contribution is 5.95. The lowest BCUT2D eigenvalue weighted by Crippen LogP contribution is -2.50. The summed E-state index contributed by atoms with van der Waals surface area (Å²) < 4.78 is 13.0. The molecule has 23 heavy (non-hydrogen) atoms. The van der Waals surface area contributed by atoms with Gasteiger partial charge in [0.05, 0.1) is 6.54 Å². The van der Waals surface area contributed by atoms with E-state index >= 15 is 0 Å². The second-order valence-corrected chi connectivity index (χ2v) is 6.91. The largest absolute Gasteiger partial charge is 0.333 e. The van der Waals surface area contributed by atoms with Crippen molar-refractivity contribution in [3.8, 4) is 0 Å². The van der Waals surface area contributed by atoms with Crippen molar-refractivity contribution >= 4 is 11.9 Å². The Morgan fingerprint density at radius 2 is 1.70 bits per heavy atom. The summed E-state index contributed by atoms with van der Waals surface area (Å²) in [5.41, 5.74) is 0.486. The molecule has 1 atom stereocenters. The molecule has 0 aliphatic rings. The van der Waals surface area contributed by atoms with Gasteiger partial charge in [0.2, 0.25) is 5.91 Å². The first-order valence-corrected chi connectivity index (χ1v) is 7.69. The second kappa shape index (κ2) is 8.06. The Bertz CT molecular complexity index is 536. The minimum Gasteiger partial charge on any atom is -0.333 e. The molecule has 3 amide bonds. The molecule has 1 rings (SSSR count). The van der Waals surface area contributed by atoms with Gasteiger partial charge in [0.25, 0.3) is 0 Å². The van der Waals surface area contributed by atoms with Gasteiger partial charge in [0.15, 0.2) is 0 Å². The van der Waals surface area contributed by atoms with Crippen LogP contribution in [0.25, 0.3) is 0 Å². The lowest BCUT2D eigenvalue weighted by Gasteiger charge is -2.23. The highest BCUT2D eigenvalue weighted by Gasteiger charge is 2.19. The molecule has 0 aliphatic heterocycles. The van der Waals surface area contributed by atoms with Crippen LogP contribution in [0.3, 0.4) is 0 Å². The first-order chi connectivity index (χ1) is 10.6. The maximum absolute atomic E-state index is 13.0. The summed E-state index contributed by atoms with van der Waals surface area (Å²) in [6.07, 6.45) is 0. The number of hydrogen-bond donors (Lipinski definition) is 3. The molecule has 0 unspecified atom stereocenters. The first kappa shape index (κ1) is 19.1. The third-order valence-corrected chi connectivity index (χ3v) is 3.12. The fraction of sp³-hybridized carbons (Fsp3) is 0.529. The highest BCUT2D eigenvalue weighted by atomic mass is 19.1. The monoisotopic (exact) mass is 323 g/mol. The molecule has 0 saturated heterocycles. The molecule has 0 radical (unpaired) electrons. The van der Waals surface area contributed by atoms with E-state index in [4.69, 9.17) is 0 Å². The van der Waals surface area contributed by atoms with E-state index in [2.05, 4.69) is 16.0 Å². The Labute approximate surface area is 137 Å². The minimum absolute atomic E-state index is 0.00220. The number of benzene rings is 1. The van der Waals surface area contributed by atoms with Crippen molar-refractivity contribution in [3.63, 3.8) is 0 Å². The van der Waals surface area contributed by atoms with E-state index in [0.717, 1.165) is 5.56 Å². The summed E-state index contributed by atoms with van der Waals surface area (Å²) in [6, 6.07) is 5.54. The van der Waals surface area contributed by atoms with Crippen LogP contribution in [-0.2, 0) is 4.79 Å². The molecule has 6 heteroatoms. The van der Waals surface area contributed by atoms with Crippen LogP contribution in [0.5, 0.6) is 0 Å². The average Bonchev–Trinajstić information content (AvgIpc) is 2.38. The van der Waals surface area contributed by atoms with Gasteiger partial charge in [-0.05, 0) is 44.4 Å². The smallest absolute Gasteiger partial charge is 0.321 e. The Hall–Kier alpha value is -1.95. The third kappa shape index (κ3) is 7.23. The quantitative estimate of drug-likeness (QED) is 0.780. The van der Waals surface area contributed by atoms with Crippen molar-refractivity contribution in [2.24, 2.45) is 5.92 Å². The number of carbonyl (C=O) groups excluding carboxylic acids is 2. The third-order valence-electron chi connectivity index (χ3n) is 3.12. The van der Waals surface area contributed by atoms with Gasteiger partial charge in [0.1, 0.15) is 5.82 Å². The maximum Gasteiger partial charge on any atom is 0.321 e. The van der Waals surface area contributed by atoms with Crippen LogP contribution in [0.2, 0.25) is 0 Å². The number of rotatable bonds is 5. The zero-order valence-corrected chi connectivity index (χ0v) is 14.4. The van der Waals surface area contributed by atoms with E-state index in [0.29, 0.717) is 0 Å². The van der Waals surface area contributed by atoms with Crippen molar-refractivity contribution in [3.05, 3.63) is 35.6 Å². The molecule has 0 heterocycles. The van der Waals surface area contributed by atoms with Crippen molar-refractivity contribution < 1.29 is 14.0 Å². The molecule has 0 aromatic heterocycles. The first-order valence-electron chi connectivity index (χ1n) is 7.69. The number of carbonyl (C=O) groups is 2. The second-order valence-electron chi connectivity index (χ2n) is 6.91. The number of hydrogen-bond acceptors (Lipinski definition) is 3. The molecule has 0 spiro atoms. The zero-order valence-electron chi connectivity index (χ0n) is 14.4. The van der Waals surface area contributed by atoms with E-state index in [1.54, 1.807) is 12.1 Å². The summed E-state index contributed by atoms with van der Waals surface area (Å²) >= 11 is 0. The zero-order chi connectivity index (χ0) is 17.6. The van der Waals surface area contributed by atoms with Gasteiger partial charge in [0, 0.05) is 11.6 Å². The number of imide groups is 1. The summed E-state index contributed by atoms with van der Waals surface area (Å²) in [4.78, 5) is 23.5. The van der Waals surface area contributed by atoms with Crippen LogP contribution in [0.1, 0.15) is 46.2 Å². The molecule has 1 aromatic carbocycles. The Morgan fingerprint density at radius 1 is 1.13 bits per heavy atom. The number of halogens is 1. The van der Waals surface area contributed by atoms with Gasteiger partial charge < -0.3 is 10.6 Å². The lowest BCUT2D eigenvalue weighted by molar-refractivity contribution is -0.119. The Kier molecular flexibility index (Phi) is 6.69. The van der Waals surface area contributed by atoms with Crippen molar-refractivity contribution in [1.29, 1.82) is 0 Å². The number of nitrogens with one attached hydrogen (secondary N) is 3. The van der Waals surface area contributed by atoms with Gasteiger partial charge in [-0.25, -0.2) is 9.18 Å². The predicted octanol–water partition coefficient (Wildman–Crippen LogP) is 2.74. The van der Waals surface area contributed by atoms with E-state index in [-0.39, 0.29) is 24.3 Å². The lowest BCUT2D eigenvalue weighted by atomic mass is 9.96. The Balaban J connectivity index is 2.57. The van der Waals surface area contributed by atoms with Crippen LogP contribution in [0.4, 0.5) is 9.18 Å². The summed E-state index contributed by atoms with van der Waals surface area (Å²) in [5.74, 6) is -0.510. The van der Waals surface area contributed by atoms with E-state index < -0.39 is 17.5 Å². The van der Waals surface area contributed by atoms with Crippen LogP contribution < -0.4 is 16.0 Å². The summed E-state index contributed by atoms with van der Waals surface area (Å²) in [7, 11) is 0. The highest BCUT2D eigenvalue weighted by Crippen LogP contribution is 2.21. The van der Waals surface area contributed by atoms with Gasteiger partial charge in [-0.2, -0.15) is 0 Å². The number of urea groups is 1. The maximum atomic E-state index is 13.0. The fourth-order valence-electron chi connectivity index (χ4n) is 2.15. The van der Waals surface area contributed by atoms with Gasteiger partial charge in [-0.1, -0.05) is 26.0 Å². The van der Waals surface area contributed by atoms with Crippen LogP contribution in [-0.4, -0.2) is 24.0 Å². The molecule has 3 N–H and O–H groups in total. The van der Waals surface area contributed by atoms with E-state index in [1.807, 2.05) is 34.6 Å². The Morgan fingerprint density at radius 3 is 2.17 bits per heavy atom. The van der Waals surface area contributed by atoms with Crippen molar-refractivity contribution in [1.82, 2.24) is 16.0 Å². The average molecular weight is 323 g/mol. The molecule has 0 saturated carbocycles. The summed E-state index contributed by atoms with van der Waals surface area (Å²) in [6.45, 7) is 9.50. The molecule has 1 aromatic rings. The van der Waals surface area contributed by atoms with Gasteiger partial charge >= 0.3 is 6.03 Å². The normalized spacial score (nSPS) is 12.8. The molecule has 5 nitrogen and oxygen atoms in total. The number of amides is 3. The van der Waals surface area contributed by atoms with Gasteiger partial charge in [-0.15, -0.1) is 0 Å². The SMILES string of the molecule is CC(C)[C@H](NCC(=O)NC(=O)NC(C)(C)C)c1ccc(F)cc1. The van der Waals surface area contributed by atoms with E-state index in [9.17, 15) is 14.0 Å². The molecule has 0 fully saturated rings. The van der Waals surface area contributed by atoms with Gasteiger partial charge in [-0.3, -0.25) is 10.1 Å². The minimum atomic E-state index is -0.521. The predicted molar refractivity (Wildman–Crippen MR) is 88.4 cm³/mol. The van der Waals surface area contributed by atoms with Crippen LogP contribution in [0.15, 0.2) is 24.3 Å². The molecular formula is C17H26FN3O2. The fourth-order valence-corrected chi connectivity index (χ4v) is 2.15. The standard InChI is InChI=1S/C17H26FN3O2/c1-11(2)15(12-6-8-13(18)9-7-12)19-10-14(22)20-16(23)21-17(3,4)5/h6-9,11,15,19H,10H2,1-5H3,(H2,20,21,22,23)/t15-/m0/s1. The molecule has 128 valence electrons. The topological polar surface area (TPSA) is 70.2 Å². The van der Waals surface area contributed by atoms with Crippen molar-refractivity contribution in [2.45, 2.75) is 46.2 Å². The van der Waals surface area contributed by atoms with Crippen LogP contribution >= 0.6 is 0 Å². The van der Waals surface area contributed by atoms with Crippen molar-refractivity contribution in [2.75, 3.05) is 6.54 Å². The molecule has 0 aliphatic carbocycles. The molecule has 0 bridgehead atoms. The van der Waals surface area contributed by atoms with E-state index in [1.165, 1.54) is 12.1 Å². The summed E-state index contributed by atoms with van der Waals surface area (Å²) in [5, 5.41) is 8.05.